The second kappa shape index (κ2) is 7.53. The third kappa shape index (κ3) is 4.38. The van der Waals surface area contributed by atoms with Gasteiger partial charge in [-0.3, -0.25) is 4.57 Å². The summed E-state index contributed by atoms with van der Waals surface area (Å²) in [6, 6.07) is 6.69. The van der Waals surface area contributed by atoms with E-state index < -0.39 is 19.5 Å². The topological polar surface area (TPSA) is 76.0 Å². The van der Waals surface area contributed by atoms with Gasteiger partial charge in [0.25, 0.3) is 0 Å². The molecule has 5 nitrogen and oxygen atoms in total. The molecule has 108 valence electrons. The van der Waals surface area contributed by atoms with E-state index in [0.29, 0.717) is 5.56 Å². The monoisotopic (exact) mass is 352 g/mol. The van der Waals surface area contributed by atoms with Crippen molar-refractivity contribution in [3.63, 3.8) is 0 Å². The number of benzene rings is 1. The molecule has 0 aliphatic carbocycles. The minimum atomic E-state index is -3.75. The zero-order valence-corrected chi connectivity index (χ0v) is 13.3. The van der Waals surface area contributed by atoms with Gasteiger partial charge in [-0.1, -0.05) is 28.1 Å². The highest BCUT2D eigenvalue weighted by molar-refractivity contribution is 9.10. The summed E-state index contributed by atoms with van der Waals surface area (Å²) in [4.78, 5) is 0. The molecular weight excluding hydrogens is 335 g/mol. The van der Waals surface area contributed by atoms with Gasteiger partial charge in [0.05, 0.1) is 13.2 Å². The van der Waals surface area contributed by atoms with Gasteiger partial charge in [0.2, 0.25) is 0 Å². The van der Waals surface area contributed by atoms with Gasteiger partial charge in [-0.15, -0.1) is 0 Å². The Bertz CT molecular complexity index is 426. The summed E-state index contributed by atoms with van der Waals surface area (Å²) in [5, 5.41) is 20.1. The van der Waals surface area contributed by atoms with Gasteiger partial charge in [0.15, 0.2) is 5.85 Å². The molecule has 0 heterocycles. The fourth-order valence-electron chi connectivity index (χ4n) is 1.55. The number of aliphatic hydroxyl groups is 2. The first-order chi connectivity index (χ1) is 8.94. The van der Waals surface area contributed by atoms with Gasteiger partial charge in [-0.2, -0.15) is 0 Å². The van der Waals surface area contributed by atoms with Crippen LogP contribution in [0.5, 0.6) is 0 Å². The van der Waals surface area contributed by atoms with E-state index in [1.54, 1.807) is 38.1 Å². The third-order valence-corrected chi connectivity index (χ3v) is 5.13. The van der Waals surface area contributed by atoms with Crippen LogP contribution in [-0.4, -0.2) is 29.3 Å². The van der Waals surface area contributed by atoms with Gasteiger partial charge in [-0.25, -0.2) is 0 Å². The first-order valence-electron chi connectivity index (χ1n) is 5.95. The standard InChI is InChI=1S/C12H18BrO5P/c1-3-17-19(16,18-4-2)12(15)11(14)9-5-7-10(13)8-6-9/h5-8,11-12,14-15H,3-4H2,1-2H3/t11-,12+/m0/s1. The Balaban J connectivity index is 2.92. The van der Waals surface area contributed by atoms with Crippen LogP contribution in [0, 0.1) is 0 Å². The van der Waals surface area contributed by atoms with E-state index in [4.69, 9.17) is 9.05 Å². The molecule has 0 aliphatic heterocycles. The van der Waals surface area contributed by atoms with E-state index in [-0.39, 0.29) is 13.2 Å². The number of aliphatic hydroxyl groups excluding tert-OH is 2. The summed E-state index contributed by atoms with van der Waals surface area (Å²) < 4.78 is 23.2. The zero-order valence-electron chi connectivity index (χ0n) is 10.8. The molecule has 0 radical (unpaired) electrons. The summed E-state index contributed by atoms with van der Waals surface area (Å²) in [6.45, 7) is 3.54. The second-order valence-electron chi connectivity index (χ2n) is 3.79. The van der Waals surface area contributed by atoms with Crippen LogP contribution in [0.25, 0.3) is 0 Å². The van der Waals surface area contributed by atoms with Crippen LogP contribution >= 0.6 is 23.5 Å². The van der Waals surface area contributed by atoms with Gasteiger partial charge in [0.1, 0.15) is 6.10 Å². The van der Waals surface area contributed by atoms with Gasteiger partial charge < -0.3 is 19.3 Å². The minimum absolute atomic E-state index is 0.126. The van der Waals surface area contributed by atoms with Crippen LogP contribution in [-0.2, 0) is 13.6 Å². The molecule has 0 bridgehead atoms. The average Bonchev–Trinajstić information content (AvgIpc) is 2.38. The van der Waals surface area contributed by atoms with E-state index in [1.807, 2.05) is 0 Å². The molecule has 19 heavy (non-hydrogen) atoms. The van der Waals surface area contributed by atoms with Crippen LogP contribution in [0.15, 0.2) is 28.7 Å². The maximum absolute atomic E-state index is 12.3. The summed E-state index contributed by atoms with van der Waals surface area (Å²) in [5.41, 5.74) is 0.440. The molecule has 0 spiro atoms. The Kier molecular flexibility index (Phi) is 6.66. The Morgan fingerprint density at radius 2 is 1.63 bits per heavy atom. The molecule has 0 unspecified atom stereocenters. The molecule has 0 aliphatic rings. The molecular formula is C12H18BrO5P. The zero-order chi connectivity index (χ0) is 14.5. The van der Waals surface area contributed by atoms with Crippen molar-refractivity contribution in [1.82, 2.24) is 0 Å². The molecule has 0 saturated heterocycles. The second-order valence-corrected chi connectivity index (χ2v) is 6.83. The van der Waals surface area contributed by atoms with Crippen molar-refractivity contribution in [2.24, 2.45) is 0 Å². The predicted molar refractivity (Wildman–Crippen MR) is 76.0 cm³/mol. The fraction of sp³-hybridized carbons (Fsp3) is 0.500. The molecule has 1 rings (SSSR count). The Labute approximate surface area is 121 Å². The number of hydrogen-bond donors (Lipinski definition) is 2. The van der Waals surface area contributed by atoms with Gasteiger partial charge in [-0.05, 0) is 31.5 Å². The highest BCUT2D eigenvalue weighted by Gasteiger charge is 2.39. The molecule has 1 aromatic carbocycles. The summed E-state index contributed by atoms with van der Waals surface area (Å²) >= 11 is 3.27. The van der Waals surface area contributed by atoms with Crippen molar-refractivity contribution in [2.75, 3.05) is 13.2 Å². The van der Waals surface area contributed by atoms with Crippen molar-refractivity contribution in [3.05, 3.63) is 34.3 Å². The Hall–Kier alpha value is -0.230. The third-order valence-electron chi connectivity index (χ3n) is 2.44. The molecule has 0 aromatic heterocycles. The lowest BCUT2D eigenvalue weighted by Gasteiger charge is -2.26. The van der Waals surface area contributed by atoms with Crippen molar-refractivity contribution < 1.29 is 23.8 Å². The summed E-state index contributed by atoms with van der Waals surface area (Å²) in [7, 11) is -3.75. The highest BCUT2D eigenvalue weighted by atomic mass is 79.9. The summed E-state index contributed by atoms with van der Waals surface area (Å²) in [6.07, 6.45) is -1.34. The quantitative estimate of drug-likeness (QED) is 0.737. The lowest BCUT2D eigenvalue weighted by Crippen LogP contribution is -2.21. The van der Waals surface area contributed by atoms with Gasteiger partial charge in [0, 0.05) is 4.47 Å². The van der Waals surface area contributed by atoms with Crippen molar-refractivity contribution in [3.8, 4) is 0 Å². The van der Waals surface area contributed by atoms with Crippen LogP contribution < -0.4 is 0 Å². The lowest BCUT2D eigenvalue weighted by atomic mass is 10.1. The lowest BCUT2D eigenvalue weighted by molar-refractivity contribution is 0.0401. The van der Waals surface area contributed by atoms with Crippen LogP contribution in [0.3, 0.4) is 0 Å². The largest absolute Gasteiger partial charge is 0.385 e. The normalized spacial score (nSPS) is 15.2. The van der Waals surface area contributed by atoms with E-state index in [9.17, 15) is 14.8 Å². The van der Waals surface area contributed by atoms with E-state index >= 15 is 0 Å². The van der Waals surface area contributed by atoms with Crippen molar-refractivity contribution in [1.29, 1.82) is 0 Å². The van der Waals surface area contributed by atoms with Crippen molar-refractivity contribution >= 4 is 23.5 Å². The first kappa shape index (κ1) is 16.8. The van der Waals surface area contributed by atoms with E-state index in [1.165, 1.54) is 0 Å². The first-order valence-corrected chi connectivity index (χ1v) is 8.35. The number of hydrogen-bond acceptors (Lipinski definition) is 5. The maximum Gasteiger partial charge on any atom is 0.361 e. The highest BCUT2D eigenvalue weighted by Crippen LogP contribution is 2.55. The molecule has 0 amide bonds. The molecule has 2 N–H and O–H groups in total. The number of halogens is 1. The molecule has 1 aromatic rings. The number of rotatable bonds is 7. The average molecular weight is 353 g/mol. The maximum atomic E-state index is 12.3. The SMILES string of the molecule is CCOP(=O)(OCC)[C@@H](O)[C@@H](O)c1ccc(Br)cc1. The van der Waals surface area contributed by atoms with E-state index in [0.717, 1.165) is 4.47 Å². The Morgan fingerprint density at radius 3 is 2.05 bits per heavy atom. The van der Waals surface area contributed by atoms with Crippen molar-refractivity contribution in [2.45, 2.75) is 25.8 Å². The van der Waals surface area contributed by atoms with Crippen LogP contribution in [0.2, 0.25) is 0 Å². The van der Waals surface area contributed by atoms with Crippen LogP contribution in [0.1, 0.15) is 25.5 Å². The molecule has 0 fully saturated rings. The minimum Gasteiger partial charge on any atom is -0.385 e. The van der Waals surface area contributed by atoms with Crippen LogP contribution in [0.4, 0.5) is 0 Å². The summed E-state index contributed by atoms with van der Waals surface area (Å²) in [5.74, 6) is -1.62. The predicted octanol–water partition coefficient (Wildman–Crippen LogP) is 3.07. The fourth-order valence-corrected chi connectivity index (χ4v) is 3.44. The van der Waals surface area contributed by atoms with E-state index in [2.05, 4.69) is 15.9 Å². The molecule has 2 atom stereocenters. The smallest absolute Gasteiger partial charge is 0.361 e. The Morgan fingerprint density at radius 1 is 1.16 bits per heavy atom. The molecule has 7 heteroatoms. The van der Waals surface area contributed by atoms with Gasteiger partial charge >= 0.3 is 7.60 Å². The molecule has 0 saturated carbocycles.